The molecule has 142 valence electrons. The normalized spacial score (nSPS) is 12.2. The molecule has 0 aliphatic heterocycles. The van der Waals surface area contributed by atoms with Gasteiger partial charge in [0.1, 0.15) is 0 Å². The summed E-state index contributed by atoms with van der Waals surface area (Å²) in [6.07, 6.45) is 5.80. The molecule has 2 aromatic carbocycles. The first kappa shape index (κ1) is 19.4. The van der Waals surface area contributed by atoms with Crippen molar-refractivity contribution >= 4 is 17.8 Å². The molecule has 0 bridgehead atoms. The lowest BCUT2D eigenvalue weighted by molar-refractivity contribution is -0.138. The van der Waals surface area contributed by atoms with Gasteiger partial charge >= 0.3 is 5.97 Å². The van der Waals surface area contributed by atoms with Gasteiger partial charge in [0.05, 0.1) is 11.6 Å². The third-order valence-corrected chi connectivity index (χ3v) is 4.77. The average Bonchev–Trinajstić information content (AvgIpc) is 3.16. The predicted molar refractivity (Wildman–Crippen MR) is 111 cm³/mol. The third-order valence-electron chi connectivity index (χ3n) is 4.77. The van der Waals surface area contributed by atoms with Gasteiger partial charge in [-0.05, 0) is 37.1 Å². The zero-order valence-corrected chi connectivity index (χ0v) is 16.0. The van der Waals surface area contributed by atoms with Crippen LogP contribution < -0.4 is 0 Å². The van der Waals surface area contributed by atoms with Crippen LogP contribution in [0, 0.1) is 6.92 Å². The second kappa shape index (κ2) is 8.53. The number of carbonyl (C=O) groups is 2. The number of carboxylic acids is 1. The molecular weight excluding hydrogens is 350 g/mol. The molecule has 3 aromatic rings. The number of aliphatic carboxylic acids is 1. The summed E-state index contributed by atoms with van der Waals surface area (Å²) in [7, 11) is 0. The van der Waals surface area contributed by atoms with E-state index in [1.165, 1.54) is 0 Å². The van der Waals surface area contributed by atoms with Gasteiger partial charge in [0.25, 0.3) is 0 Å². The van der Waals surface area contributed by atoms with Gasteiger partial charge in [-0.2, -0.15) is 0 Å². The van der Waals surface area contributed by atoms with Crippen molar-refractivity contribution in [2.45, 2.75) is 26.3 Å². The molecular formula is C24H23NO3. The monoisotopic (exact) mass is 373 g/mol. The summed E-state index contributed by atoms with van der Waals surface area (Å²) in [5, 5.41) is 9.17. The van der Waals surface area contributed by atoms with Crippen LogP contribution in [-0.2, 0) is 11.3 Å². The van der Waals surface area contributed by atoms with Crippen LogP contribution >= 0.6 is 0 Å². The Labute approximate surface area is 164 Å². The Morgan fingerprint density at radius 3 is 2.54 bits per heavy atom. The van der Waals surface area contributed by atoms with E-state index < -0.39 is 11.9 Å². The lowest BCUT2D eigenvalue weighted by Crippen LogP contribution is -2.09. The van der Waals surface area contributed by atoms with Crippen LogP contribution in [0.1, 0.15) is 45.6 Å². The molecule has 1 aromatic heterocycles. The Hall–Kier alpha value is -3.40. The van der Waals surface area contributed by atoms with Crippen LogP contribution in [-0.4, -0.2) is 21.4 Å². The highest BCUT2D eigenvalue weighted by Crippen LogP contribution is 2.18. The van der Waals surface area contributed by atoms with Gasteiger partial charge in [-0.1, -0.05) is 66.2 Å². The van der Waals surface area contributed by atoms with Crippen molar-refractivity contribution in [2.75, 3.05) is 0 Å². The second-order valence-corrected chi connectivity index (χ2v) is 6.87. The van der Waals surface area contributed by atoms with E-state index in [9.17, 15) is 9.59 Å². The van der Waals surface area contributed by atoms with Gasteiger partial charge in [0, 0.05) is 18.3 Å². The first-order valence-electron chi connectivity index (χ1n) is 9.21. The predicted octanol–water partition coefficient (Wildman–Crippen LogP) is 4.93. The van der Waals surface area contributed by atoms with Crippen molar-refractivity contribution in [3.8, 4) is 0 Å². The highest BCUT2D eigenvalue weighted by Gasteiger charge is 2.14. The van der Waals surface area contributed by atoms with Crippen molar-refractivity contribution in [1.82, 2.24) is 4.57 Å². The van der Waals surface area contributed by atoms with Gasteiger partial charge in [-0.3, -0.25) is 9.59 Å². The number of aryl methyl sites for hydroxylation is 1. The van der Waals surface area contributed by atoms with Crippen LogP contribution in [0.5, 0.6) is 0 Å². The SMILES string of the molecule is Cc1ccc(C(=O)c2cccn2CC=Cc2cccc(C(C)C(=O)O)c2)cc1. The summed E-state index contributed by atoms with van der Waals surface area (Å²) >= 11 is 0. The Kier molecular flexibility index (Phi) is 5.90. The fourth-order valence-corrected chi connectivity index (χ4v) is 3.01. The summed E-state index contributed by atoms with van der Waals surface area (Å²) in [4.78, 5) is 23.9. The molecule has 0 amide bonds. The zero-order chi connectivity index (χ0) is 20.1. The number of hydrogen-bond acceptors (Lipinski definition) is 2. The molecule has 1 atom stereocenters. The largest absolute Gasteiger partial charge is 0.481 e. The minimum Gasteiger partial charge on any atom is -0.481 e. The second-order valence-electron chi connectivity index (χ2n) is 6.87. The van der Waals surface area contributed by atoms with Crippen LogP contribution in [0.4, 0.5) is 0 Å². The Balaban J connectivity index is 1.73. The van der Waals surface area contributed by atoms with Crippen LogP contribution in [0.25, 0.3) is 6.08 Å². The third kappa shape index (κ3) is 4.46. The number of aromatic nitrogens is 1. The van der Waals surface area contributed by atoms with E-state index in [1.54, 1.807) is 6.92 Å². The molecule has 28 heavy (non-hydrogen) atoms. The van der Waals surface area contributed by atoms with Crippen LogP contribution in [0.3, 0.4) is 0 Å². The van der Waals surface area contributed by atoms with Gasteiger partial charge < -0.3 is 9.67 Å². The molecule has 0 aliphatic carbocycles. The average molecular weight is 373 g/mol. The summed E-state index contributed by atoms with van der Waals surface area (Å²) in [5.41, 5.74) is 4.14. The molecule has 0 saturated heterocycles. The van der Waals surface area contributed by atoms with Crippen molar-refractivity contribution in [1.29, 1.82) is 0 Å². The first-order chi connectivity index (χ1) is 13.5. The minimum absolute atomic E-state index is 0.00400. The summed E-state index contributed by atoms with van der Waals surface area (Å²) in [5.74, 6) is -1.39. The number of nitrogens with zero attached hydrogens (tertiary/aromatic N) is 1. The Morgan fingerprint density at radius 2 is 1.82 bits per heavy atom. The number of rotatable bonds is 7. The highest BCUT2D eigenvalue weighted by atomic mass is 16.4. The fourth-order valence-electron chi connectivity index (χ4n) is 3.01. The summed E-state index contributed by atoms with van der Waals surface area (Å²) < 4.78 is 1.91. The van der Waals surface area contributed by atoms with Crippen LogP contribution in [0.15, 0.2) is 72.9 Å². The fraction of sp³-hybridized carbons (Fsp3) is 0.167. The van der Waals surface area contributed by atoms with Crippen molar-refractivity contribution in [2.24, 2.45) is 0 Å². The van der Waals surface area contributed by atoms with Gasteiger partial charge in [-0.15, -0.1) is 0 Å². The number of hydrogen-bond donors (Lipinski definition) is 1. The molecule has 1 unspecified atom stereocenters. The van der Waals surface area contributed by atoms with E-state index in [4.69, 9.17) is 5.11 Å². The molecule has 1 heterocycles. The van der Waals surface area contributed by atoms with E-state index >= 15 is 0 Å². The topological polar surface area (TPSA) is 59.3 Å². The lowest BCUT2D eigenvalue weighted by Gasteiger charge is -2.08. The number of carbonyl (C=O) groups excluding carboxylic acids is 1. The molecule has 0 fully saturated rings. The number of carboxylic acid groups (broad SMARTS) is 1. The number of benzene rings is 2. The molecule has 0 radical (unpaired) electrons. The Bertz CT molecular complexity index is 1010. The smallest absolute Gasteiger partial charge is 0.310 e. The van der Waals surface area contributed by atoms with Crippen molar-refractivity contribution in [3.63, 3.8) is 0 Å². The molecule has 3 rings (SSSR count). The molecule has 0 aliphatic rings. The number of allylic oxidation sites excluding steroid dienone is 1. The van der Waals surface area contributed by atoms with E-state index in [2.05, 4.69) is 0 Å². The minimum atomic E-state index is -0.840. The maximum atomic E-state index is 12.8. The van der Waals surface area contributed by atoms with Crippen molar-refractivity contribution in [3.05, 3.63) is 101 Å². The Morgan fingerprint density at radius 1 is 1.07 bits per heavy atom. The molecule has 4 nitrogen and oxygen atoms in total. The summed E-state index contributed by atoms with van der Waals surface area (Å²) in [6, 6.07) is 18.7. The van der Waals surface area contributed by atoms with E-state index in [-0.39, 0.29) is 5.78 Å². The molecule has 4 heteroatoms. The highest BCUT2D eigenvalue weighted by molar-refractivity contribution is 6.08. The van der Waals surface area contributed by atoms with Crippen molar-refractivity contribution < 1.29 is 14.7 Å². The van der Waals surface area contributed by atoms with Gasteiger partial charge in [-0.25, -0.2) is 0 Å². The standard InChI is InChI=1S/C24H23NO3/c1-17-10-12-20(13-11-17)23(26)22-9-5-15-25(22)14-4-7-19-6-3-8-21(16-19)18(2)24(27)28/h3-13,15-16,18H,14H2,1-2H3,(H,27,28). The first-order valence-corrected chi connectivity index (χ1v) is 9.21. The lowest BCUT2D eigenvalue weighted by atomic mass is 9.99. The molecule has 1 N–H and O–H groups in total. The van der Waals surface area contributed by atoms with Crippen LogP contribution in [0.2, 0.25) is 0 Å². The maximum absolute atomic E-state index is 12.8. The molecule has 0 spiro atoms. The van der Waals surface area contributed by atoms with E-state index in [1.807, 2.05) is 90.5 Å². The van der Waals surface area contributed by atoms with E-state index in [0.717, 1.165) is 16.7 Å². The summed E-state index contributed by atoms with van der Waals surface area (Å²) in [6.45, 7) is 4.22. The number of ketones is 1. The molecule has 0 saturated carbocycles. The zero-order valence-electron chi connectivity index (χ0n) is 16.0. The van der Waals surface area contributed by atoms with Gasteiger partial charge in [0.2, 0.25) is 5.78 Å². The van der Waals surface area contributed by atoms with Gasteiger partial charge in [0.15, 0.2) is 0 Å². The van der Waals surface area contributed by atoms with E-state index in [0.29, 0.717) is 17.8 Å². The maximum Gasteiger partial charge on any atom is 0.310 e. The quantitative estimate of drug-likeness (QED) is 0.598.